The molecule has 11 heteroatoms. The second-order valence-electron chi connectivity index (χ2n) is 5.04. The lowest BCUT2D eigenvalue weighted by molar-refractivity contribution is -0.183. The number of rotatable bonds is 7. The van der Waals surface area contributed by atoms with Crippen molar-refractivity contribution in [1.29, 1.82) is 0 Å². The van der Waals surface area contributed by atoms with Gasteiger partial charge in [-0.2, -0.15) is 0 Å². The Morgan fingerprint density at radius 2 is 1.46 bits per heavy atom. The van der Waals surface area contributed by atoms with E-state index >= 15 is 0 Å². The number of hydrogen-bond donors (Lipinski definition) is 8. The van der Waals surface area contributed by atoms with Crippen LogP contribution in [-0.4, -0.2) is 95.0 Å². The Balaban J connectivity index is 3.66. The lowest BCUT2D eigenvalue weighted by atomic mass is 9.69. The SMILES string of the molecule is O=C(O)C1=CC(O)(C(=O)C(O)CO)C(O)(C(=O)C(O)CO)C(O)=C1. The van der Waals surface area contributed by atoms with Crippen molar-refractivity contribution in [3.05, 3.63) is 23.5 Å². The standard InChI is InChI=1S/C13H16O11/c14-3-6(16)9(19)12(23)2-5(11(21)22)1-8(18)13(12,24)10(20)7(17)4-15/h1-2,6-7,14-18,23-24H,3-4H2,(H,21,22). The van der Waals surface area contributed by atoms with Gasteiger partial charge in [0, 0.05) is 0 Å². The molecule has 0 spiro atoms. The van der Waals surface area contributed by atoms with Crippen LogP contribution in [-0.2, 0) is 14.4 Å². The molecule has 134 valence electrons. The molecule has 1 aliphatic rings. The summed E-state index contributed by atoms with van der Waals surface area (Å²) >= 11 is 0. The average Bonchev–Trinajstić information content (AvgIpc) is 2.55. The fraction of sp³-hybridized carbons (Fsp3) is 0.462. The van der Waals surface area contributed by atoms with Crippen molar-refractivity contribution in [3.8, 4) is 0 Å². The van der Waals surface area contributed by atoms with Gasteiger partial charge in [0.25, 0.3) is 0 Å². The van der Waals surface area contributed by atoms with E-state index < -0.39 is 65.5 Å². The van der Waals surface area contributed by atoms with E-state index in [1.54, 1.807) is 0 Å². The summed E-state index contributed by atoms with van der Waals surface area (Å²) in [5, 5.41) is 76.0. The molecular weight excluding hydrogens is 332 g/mol. The summed E-state index contributed by atoms with van der Waals surface area (Å²) < 4.78 is 0. The van der Waals surface area contributed by atoms with Crippen LogP contribution < -0.4 is 0 Å². The maximum atomic E-state index is 12.1. The lowest BCUT2D eigenvalue weighted by Crippen LogP contribution is -2.69. The van der Waals surface area contributed by atoms with Crippen LogP contribution in [0.5, 0.6) is 0 Å². The quantitative estimate of drug-likeness (QED) is 0.220. The van der Waals surface area contributed by atoms with Crippen molar-refractivity contribution >= 4 is 17.5 Å². The number of carbonyl (C=O) groups is 3. The Kier molecular flexibility index (Phi) is 5.61. The zero-order valence-corrected chi connectivity index (χ0v) is 12.0. The molecule has 24 heavy (non-hydrogen) atoms. The minimum atomic E-state index is -3.60. The van der Waals surface area contributed by atoms with Crippen LogP contribution in [0.2, 0.25) is 0 Å². The minimum absolute atomic E-state index is 0.179. The van der Waals surface area contributed by atoms with Gasteiger partial charge >= 0.3 is 5.97 Å². The van der Waals surface area contributed by atoms with Crippen LogP contribution in [0.4, 0.5) is 0 Å². The maximum absolute atomic E-state index is 12.1. The second kappa shape index (κ2) is 6.76. The molecule has 8 N–H and O–H groups in total. The molecule has 0 saturated heterocycles. The van der Waals surface area contributed by atoms with E-state index in [-0.39, 0.29) is 6.08 Å². The van der Waals surface area contributed by atoms with Gasteiger partial charge in [0.05, 0.1) is 18.8 Å². The predicted molar refractivity (Wildman–Crippen MR) is 72.5 cm³/mol. The number of aliphatic hydroxyl groups is 7. The molecule has 1 aliphatic carbocycles. The number of carbonyl (C=O) groups excluding carboxylic acids is 2. The first-order chi connectivity index (χ1) is 11.0. The zero-order chi connectivity index (χ0) is 18.9. The molecule has 0 saturated carbocycles. The first kappa shape index (κ1) is 19.9. The molecular formula is C13H16O11. The maximum Gasteiger partial charge on any atom is 0.335 e. The molecule has 0 aromatic carbocycles. The molecule has 11 nitrogen and oxygen atoms in total. The highest BCUT2D eigenvalue weighted by atomic mass is 16.4. The lowest BCUT2D eigenvalue weighted by Gasteiger charge is -2.42. The van der Waals surface area contributed by atoms with Gasteiger partial charge in [-0.15, -0.1) is 0 Å². The fourth-order valence-electron chi connectivity index (χ4n) is 2.17. The summed E-state index contributed by atoms with van der Waals surface area (Å²) in [7, 11) is 0. The van der Waals surface area contributed by atoms with E-state index in [4.69, 9.17) is 15.3 Å². The fourth-order valence-corrected chi connectivity index (χ4v) is 2.17. The third kappa shape index (κ3) is 2.84. The van der Waals surface area contributed by atoms with Crippen LogP contribution in [0.25, 0.3) is 0 Å². The molecule has 4 atom stereocenters. The molecule has 0 amide bonds. The van der Waals surface area contributed by atoms with Crippen molar-refractivity contribution in [2.45, 2.75) is 23.4 Å². The van der Waals surface area contributed by atoms with Crippen molar-refractivity contribution in [3.63, 3.8) is 0 Å². The van der Waals surface area contributed by atoms with E-state index in [1.165, 1.54) is 0 Å². The Morgan fingerprint density at radius 1 is 1.00 bits per heavy atom. The van der Waals surface area contributed by atoms with Gasteiger partial charge < -0.3 is 40.9 Å². The van der Waals surface area contributed by atoms with Crippen molar-refractivity contribution in [1.82, 2.24) is 0 Å². The highest BCUT2D eigenvalue weighted by Gasteiger charge is 2.64. The molecule has 0 fully saturated rings. The zero-order valence-electron chi connectivity index (χ0n) is 12.0. The number of carboxylic acid groups (broad SMARTS) is 1. The molecule has 0 bridgehead atoms. The van der Waals surface area contributed by atoms with E-state index in [2.05, 4.69) is 0 Å². The van der Waals surface area contributed by atoms with E-state index in [0.717, 1.165) is 0 Å². The van der Waals surface area contributed by atoms with Crippen molar-refractivity contribution in [2.24, 2.45) is 0 Å². The summed E-state index contributed by atoms with van der Waals surface area (Å²) in [6.07, 6.45) is -4.18. The van der Waals surface area contributed by atoms with E-state index in [0.29, 0.717) is 6.08 Å². The Hall–Kier alpha value is -2.15. The molecule has 0 radical (unpaired) electrons. The summed E-state index contributed by atoms with van der Waals surface area (Å²) in [5.74, 6) is -6.92. The number of carboxylic acids is 1. The molecule has 0 aliphatic heterocycles. The number of aliphatic hydroxyl groups excluding tert-OH is 5. The minimum Gasteiger partial charge on any atom is -0.509 e. The monoisotopic (exact) mass is 348 g/mol. The summed E-state index contributed by atoms with van der Waals surface area (Å²) in [5.41, 5.74) is -8.04. The Morgan fingerprint density at radius 3 is 1.88 bits per heavy atom. The van der Waals surface area contributed by atoms with Crippen molar-refractivity contribution in [2.75, 3.05) is 13.2 Å². The van der Waals surface area contributed by atoms with Gasteiger partial charge in [-0.1, -0.05) is 0 Å². The highest BCUT2D eigenvalue weighted by Crippen LogP contribution is 2.38. The number of Topliss-reactive ketones (excluding diaryl/α,β-unsaturated/α-hetero) is 2. The normalized spacial score (nSPS) is 29.2. The van der Waals surface area contributed by atoms with Gasteiger partial charge in [0.1, 0.15) is 18.0 Å². The van der Waals surface area contributed by atoms with E-state index in [9.17, 15) is 39.9 Å². The molecule has 0 aromatic heterocycles. The van der Waals surface area contributed by atoms with E-state index in [1.807, 2.05) is 0 Å². The topological polar surface area (TPSA) is 213 Å². The molecule has 1 rings (SSSR count). The third-order valence-electron chi connectivity index (χ3n) is 3.51. The van der Waals surface area contributed by atoms with Gasteiger partial charge in [0.2, 0.25) is 17.2 Å². The first-order valence-electron chi connectivity index (χ1n) is 6.45. The predicted octanol–water partition coefficient (Wildman–Crippen LogP) is -4.24. The van der Waals surface area contributed by atoms with Crippen LogP contribution in [0.3, 0.4) is 0 Å². The smallest absolute Gasteiger partial charge is 0.335 e. The number of hydrogen-bond acceptors (Lipinski definition) is 10. The summed E-state index contributed by atoms with van der Waals surface area (Å²) in [6.45, 7) is -2.51. The van der Waals surface area contributed by atoms with Gasteiger partial charge in [-0.25, -0.2) is 4.79 Å². The van der Waals surface area contributed by atoms with Gasteiger partial charge in [0.15, 0.2) is 5.60 Å². The number of aliphatic carboxylic acids is 1. The molecule has 0 heterocycles. The Labute approximate surface area is 134 Å². The Bertz CT molecular complexity index is 621. The first-order valence-corrected chi connectivity index (χ1v) is 6.45. The summed E-state index contributed by atoms with van der Waals surface area (Å²) in [4.78, 5) is 35.2. The average molecular weight is 348 g/mol. The molecule has 4 unspecified atom stereocenters. The van der Waals surface area contributed by atoms with Crippen molar-refractivity contribution < 1.29 is 55.2 Å². The van der Waals surface area contributed by atoms with Crippen LogP contribution >= 0.6 is 0 Å². The molecule has 0 aromatic rings. The van der Waals surface area contributed by atoms with Gasteiger partial charge in [-0.3, -0.25) is 9.59 Å². The van der Waals surface area contributed by atoms with Gasteiger partial charge in [-0.05, 0) is 12.2 Å². The van der Waals surface area contributed by atoms with Crippen LogP contribution in [0.1, 0.15) is 0 Å². The van der Waals surface area contributed by atoms with Crippen LogP contribution in [0.15, 0.2) is 23.5 Å². The highest BCUT2D eigenvalue weighted by molar-refractivity contribution is 6.08. The number of ketones is 2. The van der Waals surface area contributed by atoms with Crippen LogP contribution in [0, 0.1) is 0 Å². The largest absolute Gasteiger partial charge is 0.509 e. The second-order valence-corrected chi connectivity index (χ2v) is 5.04. The third-order valence-corrected chi connectivity index (χ3v) is 3.51. The summed E-state index contributed by atoms with van der Waals surface area (Å²) in [6, 6.07) is 0.